The lowest BCUT2D eigenvalue weighted by molar-refractivity contribution is 0.226. The summed E-state index contributed by atoms with van der Waals surface area (Å²) in [5.74, 6) is 0.172. The third-order valence-corrected chi connectivity index (χ3v) is 5.62. The number of benzene rings is 2. The van der Waals surface area contributed by atoms with Crippen LogP contribution < -0.4 is 0 Å². The van der Waals surface area contributed by atoms with Gasteiger partial charge >= 0.3 is 0 Å². The molecule has 0 saturated carbocycles. The first-order chi connectivity index (χ1) is 11.0. The summed E-state index contributed by atoms with van der Waals surface area (Å²) in [4.78, 5) is 2.23. The number of rotatable bonds is 5. The van der Waals surface area contributed by atoms with Crippen LogP contribution in [0.15, 0.2) is 66.1 Å². The molecule has 0 amide bonds. The molecule has 23 heavy (non-hydrogen) atoms. The maximum Gasteiger partial charge on any atom is 0.173 e. The third kappa shape index (κ3) is 4.09. The van der Waals surface area contributed by atoms with E-state index in [1.165, 1.54) is 22.1 Å². The molecule has 0 N–H and O–H groups in total. The molecule has 0 spiro atoms. The van der Waals surface area contributed by atoms with Gasteiger partial charge in [-0.05, 0) is 23.6 Å². The minimum Gasteiger partial charge on any atom is -0.287 e. The summed E-state index contributed by atoms with van der Waals surface area (Å²) in [6.45, 7) is 3.57. The van der Waals surface area contributed by atoms with Crippen LogP contribution in [0.25, 0.3) is 0 Å². The van der Waals surface area contributed by atoms with Crippen molar-refractivity contribution in [3.05, 3.63) is 82.8 Å². The highest BCUT2D eigenvalue weighted by molar-refractivity contribution is 7.94. The Labute approximate surface area is 138 Å². The summed E-state index contributed by atoms with van der Waals surface area (Å²) in [6, 6.07) is 18.4. The van der Waals surface area contributed by atoms with Crippen LogP contribution in [0, 0.1) is 6.92 Å². The van der Waals surface area contributed by atoms with E-state index in [1.807, 2.05) is 36.4 Å². The van der Waals surface area contributed by atoms with Gasteiger partial charge in [-0.2, -0.15) is 0 Å². The second-order valence-electron chi connectivity index (χ2n) is 6.04. The zero-order valence-electron chi connectivity index (χ0n) is 13.2. The normalized spacial score (nSPS) is 19.3. The molecule has 2 aromatic rings. The van der Waals surface area contributed by atoms with Crippen molar-refractivity contribution in [1.29, 1.82) is 0 Å². The van der Waals surface area contributed by atoms with E-state index in [0.29, 0.717) is 0 Å². The van der Waals surface area contributed by atoms with Crippen LogP contribution >= 0.6 is 0 Å². The molecule has 0 bridgehead atoms. The quantitative estimate of drug-likeness (QED) is 0.845. The Hall–Kier alpha value is -1.91. The second-order valence-corrected chi connectivity index (χ2v) is 7.97. The Morgan fingerprint density at radius 2 is 1.70 bits per heavy atom. The predicted molar refractivity (Wildman–Crippen MR) is 93.6 cm³/mol. The zero-order valence-corrected chi connectivity index (χ0v) is 14.0. The van der Waals surface area contributed by atoms with Crippen LogP contribution in [0.3, 0.4) is 0 Å². The van der Waals surface area contributed by atoms with Crippen molar-refractivity contribution in [1.82, 2.24) is 4.90 Å². The Kier molecular flexibility index (Phi) is 4.64. The smallest absolute Gasteiger partial charge is 0.173 e. The molecule has 4 heteroatoms. The molecule has 0 saturated heterocycles. The van der Waals surface area contributed by atoms with Crippen molar-refractivity contribution < 1.29 is 8.42 Å². The lowest BCUT2D eigenvalue weighted by Crippen LogP contribution is -2.35. The van der Waals surface area contributed by atoms with Crippen LogP contribution in [0.1, 0.15) is 16.7 Å². The van der Waals surface area contributed by atoms with E-state index in [0.717, 1.165) is 13.1 Å². The molecule has 1 atom stereocenters. The van der Waals surface area contributed by atoms with Crippen LogP contribution in [0.2, 0.25) is 0 Å². The van der Waals surface area contributed by atoms with Crippen molar-refractivity contribution in [3.8, 4) is 0 Å². The molecule has 2 aromatic carbocycles. The number of hydrogen-bond acceptors (Lipinski definition) is 3. The molecular formula is C19H21NO2S. The monoisotopic (exact) mass is 327 g/mol. The fourth-order valence-corrected chi connectivity index (χ4v) is 4.23. The summed E-state index contributed by atoms with van der Waals surface area (Å²) in [6.07, 6.45) is 1.82. The highest BCUT2D eigenvalue weighted by Crippen LogP contribution is 2.21. The largest absolute Gasteiger partial charge is 0.287 e. The fraction of sp³-hybridized carbons (Fsp3) is 0.263. The minimum absolute atomic E-state index is 0.0696. The van der Waals surface area contributed by atoms with Crippen molar-refractivity contribution in [2.45, 2.75) is 26.1 Å². The molecule has 3 nitrogen and oxygen atoms in total. The lowest BCUT2D eigenvalue weighted by Gasteiger charge is -2.28. The maximum absolute atomic E-state index is 11.8. The van der Waals surface area contributed by atoms with Gasteiger partial charge in [0.05, 0.1) is 5.75 Å². The molecule has 3 rings (SSSR count). The molecule has 1 unspecified atom stereocenters. The summed E-state index contributed by atoms with van der Waals surface area (Å²) in [5.41, 5.74) is 3.66. The highest BCUT2D eigenvalue weighted by atomic mass is 32.2. The number of sulfone groups is 1. The predicted octanol–water partition coefficient (Wildman–Crippen LogP) is 3.31. The number of aryl methyl sites for hydroxylation is 1. The van der Waals surface area contributed by atoms with E-state index in [9.17, 15) is 8.42 Å². The molecular weight excluding hydrogens is 306 g/mol. The zero-order chi connectivity index (χ0) is 16.3. The highest BCUT2D eigenvalue weighted by Gasteiger charge is 2.27. The Bertz CT molecular complexity index is 797. The van der Waals surface area contributed by atoms with Gasteiger partial charge in [-0.1, -0.05) is 60.7 Å². The summed E-state index contributed by atoms with van der Waals surface area (Å²) >= 11 is 0. The Morgan fingerprint density at radius 3 is 2.35 bits per heavy atom. The molecule has 1 aliphatic rings. The molecule has 0 fully saturated rings. The van der Waals surface area contributed by atoms with Crippen LogP contribution in [-0.4, -0.2) is 25.1 Å². The average molecular weight is 327 g/mol. The van der Waals surface area contributed by atoms with Gasteiger partial charge in [0.1, 0.15) is 0 Å². The van der Waals surface area contributed by atoms with E-state index in [2.05, 4.69) is 36.1 Å². The first-order valence-corrected chi connectivity index (χ1v) is 9.48. The first kappa shape index (κ1) is 16.0. The second kappa shape index (κ2) is 6.69. The van der Waals surface area contributed by atoms with Crippen molar-refractivity contribution in [2.24, 2.45) is 0 Å². The van der Waals surface area contributed by atoms with Crippen molar-refractivity contribution in [2.75, 3.05) is 5.75 Å². The number of nitrogens with zero attached hydrogens (tertiary/aromatic N) is 1. The molecule has 120 valence electrons. The lowest BCUT2D eigenvalue weighted by atomic mass is 10.1. The Morgan fingerprint density at radius 1 is 1.00 bits per heavy atom. The van der Waals surface area contributed by atoms with E-state index < -0.39 is 9.84 Å². The molecule has 0 aliphatic carbocycles. The van der Waals surface area contributed by atoms with Crippen molar-refractivity contribution >= 4 is 9.84 Å². The van der Waals surface area contributed by atoms with Gasteiger partial charge in [-0.25, -0.2) is 8.42 Å². The van der Waals surface area contributed by atoms with E-state index in [4.69, 9.17) is 0 Å². The van der Waals surface area contributed by atoms with E-state index >= 15 is 0 Å². The minimum atomic E-state index is -3.06. The summed E-state index contributed by atoms with van der Waals surface area (Å²) in [7, 11) is -3.06. The topological polar surface area (TPSA) is 37.4 Å². The van der Waals surface area contributed by atoms with Gasteiger partial charge in [0.2, 0.25) is 0 Å². The van der Waals surface area contributed by atoms with Crippen LogP contribution in [-0.2, 0) is 22.9 Å². The Balaban J connectivity index is 1.85. The third-order valence-electron chi connectivity index (χ3n) is 4.24. The first-order valence-electron chi connectivity index (χ1n) is 7.77. The molecule has 0 aromatic heterocycles. The van der Waals surface area contributed by atoms with Crippen molar-refractivity contribution in [3.63, 3.8) is 0 Å². The maximum atomic E-state index is 11.8. The summed E-state index contributed by atoms with van der Waals surface area (Å²) < 4.78 is 23.6. The van der Waals surface area contributed by atoms with E-state index in [1.54, 1.807) is 0 Å². The summed E-state index contributed by atoms with van der Waals surface area (Å²) in [5, 5.41) is 1.35. The average Bonchev–Trinajstić information content (AvgIpc) is 2.90. The van der Waals surface area contributed by atoms with Gasteiger partial charge < -0.3 is 0 Å². The molecule has 0 radical (unpaired) electrons. The van der Waals surface area contributed by atoms with Gasteiger partial charge in [-0.3, -0.25) is 4.90 Å². The van der Waals surface area contributed by atoms with Gasteiger partial charge in [0, 0.05) is 24.5 Å². The van der Waals surface area contributed by atoms with E-state index in [-0.39, 0.29) is 11.8 Å². The van der Waals surface area contributed by atoms with Gasteiger partial charge in [-0.15, -0.1) is 0 Å². The molecule has 1 heterocycles. The SMILES string of the molecule is Cc1ccccc1CN(Cc1ccccc1)C1C=CS(=O)(=O)C1. The standard InChI is InChI=1S/C19H21NO2S/c1-16-7-5-6-10-18(16)14-20(13-17-8-3-2-4-9-17)19-11-12-23(21,22)15-19/h2-12,19H,13-15H2,1H3. The fourth-order valence-electron chi connectivity index (χ4n) is 2.90. The number of hydrogen-bond donors (Lipinski definition) is 0. The van der Waals surface area contributed by atoms with Gasteiger partial charge in [0.25, 0.3) is 0 Å². The van der Waals surface area contributed by atoms with Gasteiger partial charge in [0.15, 0.2) is 9.84 Å². The van der Waals surface area contributed by atoms with Crippen LogP contribution in [0.4, 0.5) is 0 Å². The molecule has 1 aliphatic heterocycles. The van der Waals surface area contributed by atoms with Crippen LogP contribution in [0.5, 0.6) is 0 Å².